The van der Waals surface area contributed by atoms with Crippen molar-refractivity contribution in [1.29, 1.82) is 0 Å². The molecule has 46 heavy (non-hydrogen) atoms. The number of para-hydroxylation sites is 3. The molecule has 224 valence electrons. The second-order valence-electron chi connectivity index (χ2n) is 12.0. The zero-order valence-corrected chi connectivity index (χ0v) is 24.8. The molecule has 2 bridgehead atoms. The van der Waals surface area contributed by atoms with Gasteiger partial charge in [-0.2, -0.15) is 0 Å². The Morgan fingerprint density at radius 1 is 0.457 bits per heavy atom. The van der Waals surface area contributed by atoms with E-state index in [1.165, 1.54) is 4.90 Å². The summed E-state index contributed by atoms with van der Waals surface area (Å²) < 4.78 is 0. The van der Waals surface area contributed by atoms with Gasteiger partial charge in [0.15, 0.2) is 5.66 Å². The first kappa shape index (κ1) is 27.7. The van der Waals surface area contributed by atoms with E-state index in [9.17, 15) is 4.79 Å². The van der Waals surface area contributed by atoms with E-state index in [4.69, 9.17) is 0 Å². The maximum atomic E-state index is 15.5. The third-order valence-electron chi connectivity index (χ3n) is 9.69. The average molecular weight is 604 g/mol. The van der Waals surface area contributed by atoms with Crippen molar-refractivity contribution in [3.8, 4) is 0 Å². The van der Waals surface area contributed by atoms with E-state index >= 15 is 14.4 Å². The van der Waals surface area contributed by atoms with Crippen LogP contribution in [0.25, 0.3) is 0 Å². The maximum Gasteiger partial charge on any atom is 0.246 e. The van der Waals surface area contributed by atoms with Crippen molar-refractivity contribution in [3.63, 3.8) is 0 Å². The molecule has 2 atom stereocenters. The number of hydrogen-bond donors (Lipinski definition) is 0. The number of carbonyl (C=O) groups excluding carboxylic acids is 4. The fourth-order valence-electron chi connectivity index (χ4n) is 7.93. The molecule has 0 aliphatic carbocycles. The first-order valence-electron chi connectivity index (χ1n) is 15.3. The largest absolute Gasteiger partial charge is 0.282 e. The Balaban J connectivity index is 1.52. The molecule has 2 unspecified atom stereocenters. The van der Waals surface area contributed by atoms with E-state index in [1.54, 1.807) is 34.1 Å². The molecule has 7 nitrogen and oxygen atoms in total. The summed E-state index contributed by atoms with van der Waals surface area (Å²) in [6.07, 6.45) is -0.0497. The number of rotatable bonds is 6. The summed E-state index contributed by atoms with van der Waals surface area (Å²) in [6, 6.07) is 45.5. The number of nitrogens with zero attached hydrogens (tertiary/aromatic N) is 3. The molecule has 0 N–H and O–H groups in total. The Kier molecular flexibility index (Phi) is 6.25. The van der Waals surface area contributed by atoms with Crippen molar-refractivity contribution < 1.29 is 19.2 Å². The van der Waals surface area contributed by atoms with Crippen molar-refractivity contribution in [1.82, 2.24) is 0 Å². The molecule has 0 spiro atoms. The lowest BCUT2D eigenvalue weighted by Crippen LogP contribution is -2.84. The fourth-order valence-corrected chi connectivity index (χ4v) is 7.93. The van der Waals surface area contributed by atoms with Crippen LogP contribution in [0, 0.1) is 17.3 Å². The number of fused-ring (bicyclic) bond motifs is 2. The van der Waals surface area contributed by atoms with Gasteiger partial charge in [0.05, 0.1) is 17.5 Å². The molecule has 4 heterocycles. The first-order chi connectivity index (χ1) is 22.5. The Bertz CT molecular complexity index is 1910. The maximum absolute atomic E-state index is 15.5. The van der Waals surface area contributed by atoms with Crippen LogP contribution in [-0.4, -0.2) is 23.6 Å². The minimum absolute atomic E-state index is 0.0497. The Hall–Kier alpha value is -5.82. The standard InChI is InChI=1S/C39H29N3O4/c43-34-32-33(35(44)40(34)29-20-10-3-11-21-29)39(28-18-8-2-9-19-28)41(30-22-12-4-13-23-30)36(45)38(32,26-27-16-6-1-7-17-27)37(46)42(39)31-24-14-5-15-25-31/h1-25,32-33H,26H2. The SMILES string of the molecule is O=C1C2C(C(=O)N1c1ccccc1)C1(c3ccccc3)N(c3ccccc3)C(=O)C2(Cc2ccccc2)C(=O)N1c1ccccc1. The quantitative estimate of drug-likeness (QED) is 0.177. The Morgan fingerprint density at radius 3 is 1.33 bits per heavy atom. The topological polar surface area (TPSA) is 78.0 Å². The summed E-state index contributed by atoms with van der Waals surface area (Å²) in [6.45, 7) is 0. The molecule has 7 heteroatoms. The van der Waals surface area contributed by atoms with Crippen LogP contribution in [-0.2, 0) is 31.3 Å². The Morgan fingerprint density at radius 2 is 0.848 bits per heavy atom. The normalized spacial score (nSPS) is 25.3. The van der Waals surface area contributed by atoms with Crippen molar-refractivity contribution >= 4 is 40.7 Å². The summed E-state index contributed by atoms with van der Waals surface area (Å²) >= 11 is 0. The predicted molar refractivity (Wildman–Crippen MR) is 174 cm³/mol. The van der Waals surface area contributed by atoms with Crippen LogP contribution in [0.2, 0.25) is 0 Å². The van der Waals surface area contributed by atoms with Gasteiger partial charge in [-0.1, -0.05) is 115 Å². The van der Waals surface area contributed by atoms with Crippen molar-refractivity contribution in [2.75, 3.05) is 14.7 Å². The lowest BCUT2D eigenvalue weighted by Gasteiger charge is -2.66. The highest BCUT2D eigenvalue weighted by molar-refractivity contribution is 6.33. The van der Waals surface area contributed by atoms with E-state index < -0.39 is 46.5 Å². The molecule has 0 aromatic heterocycles. The molecular formula is C39H29N3O4. The predicted octanol–water partition coefficient (Wildman–Crippen LogP) is 5.97. The molecular weight excluding hydrogens is 574 g/mol. The highest BCUT2D eigenvalue weighted by Gasteiger charge is 2.82. The van der Waals surface area contributed by atoms with Gasteiger partial charge in [0, 0.05) is 11.4 Å². The second-order valence-corrected chi connectivity index (χ2v) is 12.0. The van der Waals surface area contributed by atoms with E-state index in [0.717, 1.165) is 5.56 Å². The van der Waals surface area contributed by atoms with Gasteiger partial charge in [-0.25, -0.2) is 4.90 Å². The van der Waals surface area contributed by atoms with Crippen LogP contribution in [0.3, 0.4) is 0 Å². The third kappa shape index (κ3) is 3.59. The van der Waals surface area contributed by atoms with Gasteiger partial charge >= 0.3 is 0 Å². The van der Waals surface area contributed by atoms with Crippen LogP contribution in [0.15, 0.2) is 152 Å². The number of carbonyl (C=O) groups is 4. The van der Waals surface area contributed by atoms with Crippen LogP contribution in [0.5, 0.6) is 0 Å². The zero-order valence-electron chi connectivity index (χ0n) is 24.8. The summed E-state index contributed by atoms with van der Waals surface area (Å²) in [5.74, 6) is -4.37. The molecule has 5 aromatic rings. The van der Waals surface area contributed by atoms with E-state index in [1.807, 2.05) is 127 Å². The van der Waals surface area contributed by atoms with Gasteiger partial charge in [-0.15, -0.1) is 0 Å². The average Bonchev–Trinajstić information content (AvgIpc) is 3.38. The van der Waals surface area contributed by atoms with Gasteiger partial charge in [0.2, 0.25) is 23.6 Å². The van der Waals surface area contributed by atoms with Gasteiger partial charge in [-0.3, -0.25) is 29.0 Å². The van der Waals surface area contributed by atoms with Crippen molar-refractivity contribution in [2.45, 2.75) is 12.1 Å². The summed E-state index contributed by atoms with van der Waals surface area (Å²) in [4.78, 5) is 65.4. The minimum atomic E-state index is -1.91. The molecule has 5 aromatic carbocycles. The summed E-state index contributed by atoms with van der Waals surface area (Å²) in [5.41, 5.74) is -0.873. The van der Waals surface area contributed by atoms with Gasteiger partial charge in [-0.05, 0) is 53.9 Å². The van der Waals surface area contributed by atoms with Crippen LogP contribution in [0.4, 0.5) is 17.1 Å². The second kappa shape index (κ2) is 10.4. The van der Waals surface area contributed by atoms with Crippen LogP contribution >= 0.6 is 0 Å². The molecule has 0 radical (unpaired) electrons. The number of hydrogen-bond acceptors (Lipinski definition) is 4. The number of imide groups is 1. The molecule has 4 aliphatic heterocycles. The molecule has 9 rings (SSSR count). The molecule has 4 saturated heterocycles. The van der Waals surface area contributed by atoms with Gasteiger partial charge in [0.25, 0.3) is 0 Å². The van der Waals surface area contributed by atoms with Gasteiger partial charge < -0.3 is 0 Å². The first-order valence-corrected chi connectivity index (χ1v) is 15.3. The molecule has 4 aliphatic rings. The van der Waals surface area contributed by atoms with E-state index in [-0.39, 0.29) is 6.42 Å². The minimum Gasteiger partial charge on any atom is -0.282 e. The van der Waals surface area contributed by atoms with Crippen molar-refractivity contribution in [3.05, 3.63) is 163 Å². The number of anilines is 3. The molecule has 0 saturated carbocycles. The summed E-state index contributed by atoms with van der Waals surface area (Å²) in [7, 11) is 0. The number of benzene rings is 5. The van der Waals surface area contributed by atoms with Crippen LogP contribution < -0.4 is 14.7 Å². The lowest BCUT2D eigenvalue weighted by molar-refractivity contribution is -0.167. The smallest absolute Gasteiger partial charge is 0.246 e. The third-order valence-corrected chi connectivity index (χ3v) is 9.69. The van der Waals surface area contributed by atoms with Crippen molar-refractivity contribution in [2.24, 2.45) is 17.3 Å². The van der Waals surface area contributed by atoms with E-state index in [2.05, 4.69) is 0 Å². The molecule has 4 fully saturated rings. The van der Waals surface area contributed by atoms with E-state index in [0.29, 0.717) is 22.6 Å². The fraction of sp³-hybridized carbons (Fsp3) is 0.128. The lowest BCUT2D eigenvalue weighted by atomic mass is 9.53. The Labute approximate surface area is 266 Å². The summed E-state index contributed by atoms with van der Waals surface area (Å²) in [5, 5.41) is 0. The van der Waals surface area contributed by atoms with Crippen LogP contribution in [0.1, 0.15) is 11.1 Å². The number of amides is 4. The molecule has 4 amide bonds. The highest BCUT2D eigenvalue weighted by Crippen LogP contribution is 2.65. The number of piperidine rings is 2. The van der Waals surface area contributed by atoms with Gasteiger partial charge in [0.1, 0.15) is 5.41 Å². The highest BCUT2D eigenvalue weighted by atomic mass is 16.2. The zero-order chi connectivity index (χ0) is 31.5. The monoisotopic (exact) mass is 603 g/mol.